The fourth-order valence-corrected chi connectivity index (χ4v) is 3.81. The molecule has 0 radical (unpaired) electrons. The molecule has 0 spiro atoms. The number of rotatable bonds is 11. The SMILES string of the molecule is Cc1ccc(C[NH2+]C(CCCc2ccc(OC(C)(C)C(=O)O)cc2)=NC(=N)Cc2ccc(C)cc2)cc1. The van der Waals surface area contributed by atoms with E-state index in [0.717, 1.165) is 42.8 Å². The minimum atomic E-state index is -1.27. The Hall–Kier alpha value is -3.77. The van der Waals surface area contributed by atoms with Crippen molar-refractivity contribution in [3.05, 3.63) is 101 Å². The van der Waals surface area contributed by atoms with Gasteiger partial charge in [0.25, 0.3) is 0 Å². The number of nitrogens with two attached hydrogens (primary N) is 1. The van der Waals surface area contributed by atoms with E-state index in [4.69, 9.17) is 15.1 Å². The first-order chi connectivity index (χ1) is 17.6. The first kappa shape index (κ1) is 27.8. The molecular formula is C31H38N3O3+. The predicted molar refractivity (Wildman–Crippen MR) is 149 cm³/mol. The van der Waals surface area contributed by atoms with Crippen molar-refractivity contribution in [2.24, 2.45) is 4.99 Å². The number of quaternary nitrogens is 1. The van der Waals surface area contributed by atoms with Crippen molar-refractivity contribution in [2.75, 3.05) is 0 Å². The number of carbonyl (C=O) groups is 1. The first-order valence-electron chi connectivity index (χ1n) is 12.7. The fourth-order valence-electron chi connectivity index (χ4n) is 3.81. The second-order valence-corrected chi connectivity index (χ2v) is 10.0. The van der Waals surface area contributed by atoms with Crippen LogP contribution in [0.15, 0.2) is 77.8 Å². The Bertz CT molecular complexity index is 1210. The maximum atomic E-state index is 11.3. The molecule has 0 unspecified atom stereocenters. The quantitative estimate of drug-likeness (QED) is 0.248. The van der Waals surface area contributed by atoms with Gasteiger partial charge in [0.2, 0.25) is 5.84 Å². The lowest BCUT2D eigenvalue weighted by atomic mass is 10.1. The molecule has 0 atom stereocenters. The summed E-state index contributed by atoms with van der Waals surface area (Å²) in [7, 11) is 0. The number of ether oxygens (including phenoxy) is 1. The van der Waals surface area contributed by atoms with Crippen LogP contribution in [0.1, 0.15) is 54.5 Å². The third-order valence-corrected chi connectivity index (χ3v) is 6.17. The van der Waals surface area contributed by atoms with E-state index in [1.54, 1.807) is 0 Å². The van der Waals surface area contributed by atoms with Gasteiger partial charge < -0.3 is 9.84 Å². The molecule has 0 saturated carbocycles. The first-order valence-corrected chi connectivity index (χ1v) is 12.7. The summed E-state index contributed by atoms with van der Waals surface area (Å²) < 4.78 is 5.59. The minimum absolute atomic E-state index is 0.363. The Morgan fingerprint density at radius 2 is 1.43 bits per heavy atom. The van der Waals surface area contributed by atoms with Gasteiger partial charge in [-0.3, -0.25) is 10.7 Å². The summed E-state index contributed by atoms with van der Waals surface area (Å²) in [6, 6.07) is 24.3. The molecule has 3 rings (SSSR count). The summed E-state index contributed by atoms with van der Waals surface area (Å²) in [5.41, 5.74) is 4.63. The lowest BCUT2D eigenvalue weighted by Crippen LogP contribution is -2.86. The lowest BCUT2D eigenvalue weighted by Gasteiger charge is -2.21. The Labute approximate surface area is 219 Å². The van der Waals surface area contributed by atoms with Crippen LogP contribution in [0.25, 0.3) is 0 Å². The normalized spacial score (nSPS) is 11.8. The molecular weight excluding hydrogens is 462 g/mol. The molecule has 6 heteroatoms. The molecule has 0 aliphatic carbocycles. The van der Waals surface area contributed by atoms with Crippen molar-refractivity contribution in [1.29, 1.82) is 5.41 Å². The van der Waals surface area contributed by atoms with E-state index in [2.05, 4.69) is 67.7 Å². The Kier molecular flexibility index (Phi) is 9.75. The number of carboxylic acid groups (broad SMARTS) is 1. The monoisotopic (exact) mass is 500 g/mol. The molecule has 37 heavy (non-hydrogen) atoms. The number of aliphatic imine (C=N–C) groups is 1. The maximum absolute atomic E-state index is 11.3. The van der Waals surface area contributed by atoms with Crippen LogP contribution in [0.3, 0.4) is 0 Å². The third kappa shape index (κ3) is 9.32. The van der Waals surface area contributed by atoms with Gasteiger partial charge in [-0.1, -0.05) is 71.8 Å². The van der Waals surface area contributed by atoms with Gasteiger partial charge in [-0.2, -0.15) is 4.99 Å². The predicted octanol–water partition coefficient (Wildman–Crippen LogP) is 5.25. The Balaban J connectivity index is 1.61. The highest BCUT2D eigenvalue weighted by Gasteiger charge is 2.29. The number of aryl methyl sites for hydroxylation is 3. The second kappa shape index (κ2) is 13.0. The summed E-state index contributed by atoms with van der Waals surface area (Å²) in [5, 5.41) is 19.9. The third-order valence-electron chi connectivity index (χ3n) is 6.17. The Morgan fingerprint density at radius 1 is 0.892 bits per heavy atom. The highest BCUT2D eigenvalue weighted by atomic mass is 16.5. The van der Waals surface area contributed by atoms with E-state index in [1.807, 2.05) is 24.3 Å². The molecule has 0 amide bonds. The number of hydrogen-bond acceptors (Lipinski definition) is 3. The van der Waals surface area contributed by atoms with Crippen LogP contribution < -0.4 is 10.1 Å². The molecule has 0 bridgehead atoms. The van der Waals surface area contributed by atoms with E-state index >= 15 is 0 Å². The molecule has 0 fully saturated rings. The number of carboxylic acids is 1. The van der Waals surface area contributed by atoms with Gasteiger partial charge in [-0.25, -0.2) is 4.79 Å². The van der Waals surface area contributed by atoms with Crippen LogP contribution in [-0.4, -0.2) is 28.3 Å². The van der Waals surface area contributed by atoms with E-state index < -0.39 is 11.6 Å². The van der Waals surface area contributed by atoms with Gasteiger partial charge >= 0.3 is 5.97 Å². The summed E-state index contributed by atoms with van der Waals surface area (Å²) in [4.78, 5) is 16.0. The summed E-state index contributed by atoms with van der Waals surface area (Å²) in [5.74, 6) is 0.829. The highest BCUT2D eigenvalue weighted by Crippen LogP contribution is 2.20. The smallest absolute Gasteiger partial charge is 0.347 e. The van der Waals surface area contributed by atoms with E-state index in [9.17, 15) is 9.90 Å². The van der Waals surface area contributed by atoms with Gasteiger partial charge in [0.1, 0.15) is 18.1 Å². The van der Waals surface area contributed by atoms with Crippen molar-refractivity contribution >= 4 is 17.6 Å². The molecule has 0 heterocycles. The second-order valence-electron chi connectivity index (χ2n) is 10.0. The summed E-state index contributed by atoms with van der Waals surface area (Å²) in [6.07, 6.45) is 3.02. The number of nitrogens with one attached hydrogen (secondary N) is 1. The number of nitrogens with zero attached hydrogens (tertiary/aromatic N) is 1. The average molecular weight is 501 g/mol. The lowest BCUT2D eigenvalue weighted by molar-refractivity contribution is -0.559. The van der Waals surface area contributed by atoms with Crippen LogP contribution in [0.2, 0.25) is 0 Å². The maximum Gasteiger partial charge on any atom is 0.347 e. The molecule has 0 saturated heterocycles. The Morgan fingerprint density at radius 3 is 2.00 bits per heavy atom. The molecule has 3 aromatic carbocycles. The van der Waals surface area contributed by atoms with Crippen LogP contribution in [0.5, 0.6) is 5.75 Å². The zero-order valence-corrected chi connectivity index (χ0v) is 22.3. The van der Waals surface area contributed by atoms with Gasteiger partial charge in [-0.15, -0.1) is 0 Å². The minimum Gasteiger partial charge on any atom is -0.478 e. The van der Waals surface area contributed by atoms with Crippen molar-refractivity contribution in [1.82, 2.24) is 0 Å². The van der Waals surface area contributed by atoms with Gasteiger partial charge in [0.15, 0.2) is 5.60 Å². The van der Waals surface area contributed by atoms with Gasteiger partial charge in [0, 0.05) is 18.4 Å². The molecule has 6 nitrogen and oxygen atoms in total. The van der Waals surface area contributed by atoms with Crippen LogP contribution in [0, 0.1) is 19.3 Å². The van der Waals surface area contributed by atoms with Gasteiger partial charge in [-0.05, 0) is 63.8 Å². The zero-order chi connectivity index (χ0) is 26.8. The number of hydrogen-bond donors (Lipinski definition) is 3. The summed E-state index contributed by atoms with van der Waals surface area (Å²) >= 11 is 0. The van der Waals surface area contributed by atoms with Crippen LogP contribution in [-0.2, 0) is 24.2 Å². The molecule has 194 valence electrons. The summed E-state index contributed by atoms with van der Waals surface area (Å²) in [6.45, 7) is 7.99. The van der Waals surface area contributed by atoms with Crippen molar-refractivity contribution in [3.63, 3.8) is 0 Å². The standard InChI is InChI=1S/C31H37N3O3/c1-22-8-12-25(13-9-22)20-28(32)34-29(33-21-26-14-10-23(2)11-15-26)7-5-6-24-16-18-27(19-17-24)37-31(3,4)30(35)36/h8-19H,5-7,20-21H2,1-4H3,(H,35,36)(H2,32,33,34)/p+1. The van der Waals surface area contributed by atoms with E-state index in [-0.39, 0.29) is 0 Å². The van der Waals surface area contributed by atoms with E-state index in [0.29, 0.717) is 18.0 Å². The fraction of sp³-hybridized carbons (Fsp3) is 0.323. The average Bonchev–Trinajstić information content (AvgIpc) is 2.85. The van der Waals surface area contributed by atoms with Crippen molar-refractivity contribution in [2.45, 2.75) is 65.5 Å². The molecule has 0 aliphatic heterocycles. The molecule has 4 N–H and O–H groups in total. The molecule has 0 aliphatic rings. The number of benzene rings is 3. The van der Waals surface area contributed by atoms with Gasteiger partial charge in [0.05, 0.1) is 0 Å². The highest BCUT2D eigenvalue weighted by molar-refractivity contribution is 5.92. The zero-order valence-electron chi connectivity index (χ0n) is 22.3. The van der Waals surface area contributed by atoms with Crippen LogP contribution in [0.4, 0.5) is 0 Å². The molecule has 3 aromatic rings. The van der Waals surface area contributed by atoms with Crippen LogP contribution >= 0.6 is 0 Å². The molecule has 0 aromatic heterocycles. The topological polar surface area (TPSA) is 99.3 Å². The van der Waals surface area contributed by atoms with E-state index in [1.165, 1.54) is 30.5 Å². The number of amidine groups is 2. The van der Waals surface area contributed by atoms with Crippen molar-refractivity contribution < 1.29 is 20.0 Å². The van der Waals surface area contributed by atoms with Crippen molar-refractivity contribution in [3.8, 4) is 5.75 Å². The number of aliphatic carboxylic acids is 1. The largest absolute Gasteiger partial charge is 0.478 e.